The van der Waals surface area contributed by atoms with E-state index in [-0.39, 0.29) is 18.4 Å². The molecule has 0 bridgehead atoms. The standard InChI is InChI=1S/C20H21N3O2/c1-14-18(23-12-6-5-9-17(23)22-14)19(24)21-13-20(25,16-10-11-16)15-7-3-2-4-8-15/h2-9,12,16,25H,10-11,13H2,1H3,(H,21,24)/t20-/m0/s1. The van der Waals surface area contributed by atoms with Crippen LogP contribution in [0, 0.1) is 12.8 Å². The number of hydrogen-bond acceptors (Lipinski definition) is 3. The Morgan fingerprint density at radius 3 is 2.68 bits per heavy atom. The van der Waals surface area contributed by atoms with Gasteiger partial charge in [-0.2, -0.15) is 0 Å². The molecule has 5 nitrogen and oxygen atoms in total. The molecule has 128 valence electrons. The maximum atomic E-state index is 12.8. The monoisotopic (exact) mass is 335 g/mol. The molecule has 25 heavy (non-hydrogen) atoms. The van der Waals surface area contributed by atoms with Crippen LogP contribution in [0.4, 0.5) is 0 Å². The summed E-state index contributed by atoms with van der Waals surface area (Å²) >= 11 is 0. The number of nitrogens with zero attached hydrogens (tertiary/aromatic N) is 2. The molecular weight excluding hydrogens is 314 g/mol. The van der Waals surface area contributed by atoms with Crippen molar-refractivity contribution >= 4 is 11.6 Å². The van der Waals surface area contributed by atoms with Crippen molar-refractivity contribution in [3.05, 3.63) is 71.7 Å². The Labute approximate surface area is 146 Å². The summed E-state index contributed by atoms with van der Waals surface area (Å²) in [6.45, 7) is 2.02. The number of carbonyl (C=O) groups excluding carboxylic acids is 1. The van der Waals surface area contributed by atoms with E-state index in [1.54, 1.807) is 4.40 Å². The van der Waals surface area contributed by atoms with E-state index in [1.165, 1.54) is 0 Å². The number of benzene rings is 1. The molecule has 1 atom stereocenters. The van der Waals surface area contributed by atoms with Gasteiger partial charge in [0, 0.05) is 6.20 Å². The van der Waals surface area contributed by atoms with E-state index < -0.39 is 5.60 Å². The molecule has 0 unspecified atom stereocenters. The zero-order chi connectivity index (χ0) is 17.4. The Morgan fingerprint density at radius 1 is 1.24 bits per heavy atom. The second kappa shape index (κ2) is 6.01. The number of amides is 1. The lowest BCUT2D eigenvalue weighted by atomic mass is 9.88. The molecule has 3 aromatic rings. The van der Waals surface area contributed by atoms with Crippen LogP contribution in [0.15, 0.2) is 54.7 Å². The smallest absolute Gasteiger partial charge is 0.270 e. The van der Waals surface area contributed by atoms with Crippen molar-refractivity contribution in [2.24, 2.45) is 5.92 Å². The summed E-state index contributed by atoms with van der Waals surface area (Å²) in [7, 11) is 0. The molecule has 1 aromatic carbocycles. The molecule has 0 spiro atoms. The lowest BCUT2D eigenvalue weighted by Crippen LogP contribution is -2.42. The van der Waals surface area contributed by atoms with Gasteiger partial charge in [0.25, 0.3) is 5.91 Å². The first kappa shape index (κ1) is 15.8. The number of rotatable bonds is 5. The van der Waals surface area contributed by atoms with Crippen LogP contribution >= 0.6 is 0 Å². The summed E-state index contributed by atoms with van der Waals surface area (Å²) in [5.41, 5.74) is 1.77. The van der Waals surface area contributed by atoms with E-state index in [0.29, 0.717) is 11.4 Å². The summed E-state index contributed by atoms with van der Waals surface area (Å²) < 4.78 is 1.78. The number of hydrogen-bond donors (Lipinski definition) is 2. The Kier molecular flexibility index (Phi) is 3.81. The topological polar surface area (TPSA) is 66.6 Å². The molecule has 0 saturated heterocycles. The van der Waals surface area contributed by atoms with Gasteiger partial charge in [0.1, 0.15) is 16.9 Å². The van der Waals surface area contributed by atoms with Gasteiger partial charge in [-0.25, -0.2) is 4.98 Å². The van der Waals surface area contributed by atoms with Gasteiger partial charge in [-0.1, -0.05) is 36.4 Å². The molecule has 2 N–H and O–H groups in total. The third-order valence-corrected chi connectivity index (χ3v) is 4.96. The molecule has 1 aliphatic carbocycles. The predicted octanol–water partition coefficient (Wildman–Crippen LogP) is 2.67. The summed E-state index contributed by atoms with van der Waals surface area (Å²) in [6.07, 6.45) is 3.79. The maximum absolute atomic E-state index is 12.8. The van der Waals surface area contributed by atoms with Gasteiger partial charge in [-0.3, -0.25) is 9.20 Å². The molecule has 1 saturated carbocycles. The second-order valence-corrected chi connectivity index (χ2v) is 6.72. The van der Waals surface area contributed by atoms with Crippen LogP contribution in [0.2, 0.25) is 0 Å². The highest BCUT2D eigenvalue weighted by atomic mass is 16.3. The Bertz CT molecular complexity index is 915. The summed E-state index contributed by atoms with van der Waals surface area (Å²) in [5, 5.41) is 14.1. The molecule has 2 aromatic heterocycles. The first-order valence-electron chi connectivity index (χ1n) is 8.59. The number of aliphatic hydroxyl groups is 1. The van der Waals surface area contributed by atoms with Crippen LogP contribution in [0.25, 0.3) is 5.65 Å². The van der Waals surface area contributed by atoms with Crippen molar-refractivity contribution in [1.82, 2.24) is 14.7 Å². The van der Waals surface area contributed by atoms with Gasteiger partial charge >= 0.3 is 0 Å². The Balaban J connectivity index is 1.59. The number of fused-ring (bicyclic) bond motifs is 1. The second-order valence-electron chi connectivity index (χ2n) is 6.72. The van der Waals surface area contributed by atoms with Gasteiger partial charge < -0.3 is 10.4 Å². The van der Waals surface area contributed by atoms with Crippen LogP contribution in [0.3, 0.4) is 0 Å². The fourth-order valence-electron chi connectivity index (χ4n) is 3.46. The van der Waals surface area contributed by atoms with Crippen LogP contribution < -0.4 is 5.32 Å². The van der Waals surface area contributed by atoms with Crippen molar-refractivity contribution in [2.75, 3.05) is 6.54 Å². The van der Waals surface area contributed by atoms with E-state index in [4.69, 9.17) is 0 Å². The molecule has 1 amide bonds. The zero-order valence-corrected chi connectivity index (χ0v) is 14.1. The Morgan fingerprint density at radius 2 is 1.96 bits per heavy atom. The highest BCUT2D eigenvalue weighted by Crippen LogP contribution is 2.45. The lowest BCUT2D eigenvalue weighted by molar-refractivity contribution is 0.0134. The molecular formula is C20H21N3O2. The first-order chi connectivity index (χ1) is 12.1. The fraction of sp³-hybridized carbons (Fsp3) is 0.300. The molecule has 2 heterocycles. The van der Waals surface area contributed by atoms with Crippen LogP contribution in [-0.4, -0.2) is 26.9 Å². The number of aromatic nitrogens is 2. The third-order valence-electron chi connectivity index (χ3n) is 4.96. The summed E-state index contributed by atoms with van der Waals surface area (Å²) in [6, 6.07) is 15.2. The summed E-state index contributed by atoms with van der Waals surface area (Å²) in [5.74, 6) is -0.0234. The third kappa shape index (κ3) is 2.81. The SMILES string of the molecule is Cc1nc2ccccn2c1C(=O)NC[C@](O)(c1ccccc1)C1CC1. The first-order valence-corrected chi connectivity index (χ1v) is 8.59. The van der Waals surface area contributed by atoms with E-state index in [2.05, 4.69) is 10.3 Å². The minimum atomic E-state index is -1.02. The van der Waals surface area contributed by atoms with Crippen molar-refractivity contribution in [1.29, 1.82) is 0 Å². The minimum Gasteiger partial charge on any atom is -0.383 e. The molecule has 0 aliphatic heterocycles. The van der Waals surface area contributed by atoms with E-state index in [1.807, 2.05) is 61.7 Å². The average molecular weight is 335 g/mol. The van der Waals surface area contributed by atoms with Crippen molar-refractivity contribution in [3.8, 4) is 0 Å². The van der Waals surface area contributed by atoms with Gasteiger partial charge in [0.2, 0.25) is 0 Å². The zero-order valence-electron chi connectivity index (χ0n) is 14.1. The highest BCUT2D eigenvalue weighted by Gasteiger charge is 2.45. The minimum absolute atomic E-state index is 0.193. The fourth-order valence-corrected chi connectivity index (χ4v) is 3.46. The van der Waals surface area contributed by atoms with Gasteiger partial charge in [-0.05, 0) is 43.4 Å². The molecule has 4 rings (SSSR count). The van der Waals surface area contributed by atoms with Crippen molar-refractivity contribution in [3.63, 3.8) is 0 Å². The predicted molar refractivity (Wildman–Crippen MR) is 95.3 cm³/mol. The van der Waals surface area contributed by atoms with E-state index in [9.17, 15) is 9.90 Å². The average Bonchev–Trinajstić information content (AvgIpc) is 3.43. The van der Waals surface area contributed by atoms with Crippen LogP contribution in [0.1, 0.15) is 34.6 Å². The largest absolute Gasteiger partial charge is 0.383 e. The van der Waals surface area contributed by atoms with E-state index >= 15 is 0 Å². The van der Waals surface area contributed by atoms with Crippen molar-refractivity contribution in [2.45, 2.75) is 25.4 Å². The van der Waals surface area contributed by atoms with Gasteiger partial charge in [0.15, 0.2) is 0 Å². The van der Waals surface area contributed by atoms with Gasteiger partial charge in [-0.15, -0.1) is 0 Å². The number of imidazole rings is 1. The number of nitrogens with one attached hydrogen (secondary N) is 1. The normalized spacial score (nSPS) is 16.6. The number of aryl methyl sites for hydroxylation is 1. The van der Waals surface area contributed by atoms with E-state index in [0.717, 1.165) is 24.1 Å². The van der Waals surface area contributed by atoms with Crippen molar-refractivity contribution < 1.29 is 9.90 Å². The maximum Gasteiger partial charge on any atom is 0.270 e. The molecule has 1 fully saturated rings. The highest BCUT2D eigenvalue weighted by molar-refractivity contribution is 5.94. The van der Waals surface area contributed by atoms with Gasteiger partial charge in [0.05, 0.1) is 12.2 Å². The summed E-state index contributed by atoms with van der Waals surface area (Å²) in [4.78, 5) is 17.2. The molecule has 0 radical (unpaired) electrons. The Hall–Kier alpha value is -2.66. The molecule has 5 heteroatoms. The quantitative estimate of drug-likeness (QED) is 0.753. The van der Waals surface area contributed by atoms with Crippen LogP contribution in [0.5, 0.6) is 0 Å². The number of carbonyl (C=O) groups is 1. The lowest BCUT2D eigenvalue weighted by Gasteiger charge is -2.29. The van der Waals surface area contributed by atoms with Crippen LogP contribution in [-0.2, 0) is 5.60 Å². The number of pyridine rings is 1. The molecule has 1 aliphatic rings.